The van der Waals surface area contributed by atoms with Gasteiger partial charge in [0, 0.05) is 17.0 Å². The smallest absolute Gasteiger partial charge is 0.227 e. The van der Waals surface area contributed by atoms with E-state index in [1.165, 1.54) is 32.1 Å². The van der Waals surface area contributed by atoms with Gasteiger partial charge in [-0.1, -0.05) is 31.4 Å². The Morgan fingerprint density at radius 2 is 2.10 bits per heavy atom. The molecule has 0 radical (unpaired) electrons. The summed E-state index contributed by atoms with van der Waals surface area (Å²) in [6, 6.07) is 7.60. The van der Waals surface area contributed by atoms with E-state index in [9.17, 15) is 4.79 Å². The minimum absolute atomic E-state index is 0.0969. The maximum absolute atomic E-state index is 12.4. The number of nitrogens with one attached hydrogen (secondary N) is 1. The second-order valence-electron chi connectivity index (χ2n) is 6.06. The summed E-state index contributed by atoms with van der Waals surface area (Å²) in [5, 5.41) is 3.16. The summed E-state index contributed by atoms with van der Waals surface area (Å²) in [5.74, 6) is -0.0596. The predicted octanol–water partition coefficient (Wildman–Crippen LogP) is 3.55. The lowest BCUT2D eigenvalue weighted by molar-refractivity contribution is -0.122. The lowest BCUT2D eigenvalue weighted by Crippen LogP contribution is -2.43. The third kappa shape index (κ3) is 4.16. The molecule has 3 N–H and O–H groups in total. The summed E-state index contributed by atoms with van der Waals surface area (Å²) in [5.41, 5.74) is 7.48. The second-order valence-corrected chi connectivity index (χ2v) is 7.33. The molecular weight excluding hydrogens is 280 g/mol. The summed E-state index contributed by atoms with van der Waals surface area (Å²) in [7, 11) is 0. The topological polar surface area (TPSA) is 55.1 Å². The predicted molar refractivity (Wildman–Crippen MR) is 91.6 cm³/mol. The first-order chi connectivity index (χ1) is 10.1. The fourth-order valence-corrected chi connectivity index (χ4v) is 3.94. The number of carbonyl (C=O) groups is 1. The summed E-state index contributed by atoms with van der Waals surface area (Å²) in [6.45, 7) is 2.72. The number of hydrogen-bond donors (Lipinski definition) is 2. The van der Waals surface area contributed by atoms with Gasteiger partial charge < -0.3 is 11.1 Å². The van der Waals surface area contributed by atoms with E-state index in [-0.39, 0.29) is 16.6 Å². The van der Waals surface area contributed by atoms with Crippen molar-refractivity contribution in [1.29, 1.82) is 0 Å². The molecule has 1 aliphatic rings. The zero-order chi connectivity index (χ0) is 15.3. The van der Waals surface area contributed by atoms with Crippen LogP contribution in [0.25, 0.3) is 0 Å². The van der Waals surface area contributed by atoms with Crippen LogP contribution < -0.4 is 11.1 Å². The Kier molecular flexibility index (Phi) is 5.57. The zero-order valence-corrected chi connectivity index (χ0v) is 13.8. The fraction of sp³-hybridized carbons (Fsp3) is 0.588. The molecule has 1 saturated carbocycles. The number of thioether (sulfide) groups is 1. The van der Waals surface area contributed by atoms with E-state index < -0.39 is 0 Å². The molecule has 1 aromatic carbocycles. The highest BCUT2D eigenvalue weighted by Gasteiger charge is 2.32. The number of rotatable bonds is 5. The van der Waals surface area contributed by atoms with E-state index in [1.54, 1.807) is 0 Å². The van der Waals surface area contributed by atoms with E-state index in [2.05, 4.69) is 11.6 Å². The molecule has 0 aliphatic heterocycles. The zero-order valence-electron chi connectivity index (χ0n) is 13.0. The molecule has 2 rings (SSSR count). The molecule has 1 aromatic rings. The average molecular weight is 306 g/mol. The van der Waals surface area contributed by atoms with Gasteiger partial charge >= 0.3 is 0 Å². The van der Waals surface area contributed by atoms with Crippen molar-refractivity contribution < 1.29 is 4.79 Å². The molecule has 0 spiro atoms. The quantitative estimate of drug-likeness (QED) is 0.818. The molecule has 116 valence electrons. The van der Waals surface area contributed by atoms with Gasteiger partial charge in [0.2, 0.25) is 5.91 Å². The second kappa shape index (κ2) is 7.21. The van der Waals surface area contributed by atoms with Crippen molar-refractivity contribution >= 4 is 23.4 Å². The molecule has 1 unspecified atom stereocenters. The lowest BCUT2D eigenvalue weighted by Gasteiger charge is -2.36. The molecule has 0 aromatic heterocycles. The number of nitrogen functional groups attached to an aromatic ring is 1. The number of carbonyl (C=O) groups excluding carboxylic acids is 1. The summed E-state index contributed by atoms with van der Waals surface area (Å²) in [4.78, 5) is 12.4. The number of benzene rings is 1. The normalized spacial score (nSPS) is 19.0. The first kappa shape index (κ1) is 16.2. The SMILES string of the molecule is CSC1(CNC(=O)C(C)c2cccc(N)c2)CCCCC1. The number of nitrogens with two attached hydrogens (primary N) is 1. The molecule has 1 fully saturated rings. The Labute approximate surface area is 132 Å². The van der Waals surface area contributed by atoms with Gasteiger partial charge in [0.15, 0.2) is 0 Å². The van der Waals surface area contributed by atoms with E-state index in [0.717, 1.165) is 12.1 Å². The van der Waals surface area contributed by atoms with Crippen LogP contribution in [0.2, 0.25) is 0 Å². The Hall–Kier alpha value is -1.16. The Morgan fingerprint density at radius 3 is 2.71 bits per heavy atom. The van der Waals surface area contributed by atoms with E-state index in [1.807, 2.05) is 43.0 Å². The van der Waals surface area contributed by atoms with Gasteiger partial charge in [-0.3, -0.25) is 4.79 Å². The van der Waals surface area contributed by atoms with Gasteiger partial charge in [-0.2, -0.15) is 11.8 Å². The van der Waals surface area contributed by atoms with Crippen LogP contribution in [0.4, 0.5) is 5.69 Å². The maximum atomic E-state index is 12.4. The molecule has 1 atom stereocenters. The van der Waals surface area contributed by atoms with Crippen LogP contribution in [0.5, 0.6) is 0 Å². The third-order valence-corrected chi connectivity index (χ3v) is 6.01. The fourth-order valence-electron chi connectivity index (χ4n) is 3.03. The number of amides is 1. The van der Waals surface area contributed by atoms with Crippen molar-refractivity contribution in [2.45, 2.75) is 49.7 Å². The number of hydrogen-bond acceptors (Lipinski definition) is 3. The average Bonchev–Trinajstić information content (AvgIpc) is 2.53. The minimum atomic E-state index is -0.156. The highest BCUT2D eigenvalue weighted by Crippen LogP contribution is 2.38. The van der Waals surface area contributed by atoms with Crippen LogP contribution >= 0.6 is 11.8 Å². The Morgan fingerprint density at radius 1 is 1.38 bits per heavy atom. The highest BCUT2D eigenvalue weighted by molar-refractivity contribution is 8.00. The van der Waals surface area contributed by atoms with Crippen molar-refractivity contribution in [2.24, 2.45) is 0 Å². The van der Waals surface area contributed by atoms with Gasteiger partial charge in [-0.25, -0.2) is 0 Å². The molecule has 21 heavy (non-hydrogen) atoms. The lowest BCUT2D eigenvalue weighted by atomic mass is 9.88. The standard InChI is InChI=1S/C17H26N2OS/c1-13(14-7-6-8-15(18)11-14)16(20)19-12-17(21-2)9-4-3-5-10-17/h6-8,11,13H,3-5,9-10,12,18H2,1-2H3,(H,19,20). The molecule has 0 saturated heterocycles. The van der Waals surface area contributed by atoms with Crippen LogP contribution in [-0.2, 0) is 4.79 Å². The van der Waals surface area contributed by atoms with E-state index in [0.29, 0.717) is 5.69 Å². The first-order valence-electron chi connectivity index (χ1n) is 7.75. The molecular formula is C17H26N2OS. The molecule has 1 amide bonds. The number of anilines is 1. The molecule has 3 nitrogen and oxygen atoms in total. The van der Waals surface area contributed by atoms with Gasteiger partial charge in [0.25, 0.3) is 0 Å². The van der Waals surface area contributed by atoms with Gasteiger partial charge in [0.1, 0.15) is 0 Å². The molecule has 4 heteroatoms. The van der Waals surface area contributed by atoms with Crippen LogP contribution in [0.15, 0.2) is 24.3 Å². The monoisotopic (exact) mass is 306 g/mol. The summed E-state index contributed by atoms with van der Waals surface area (Å²) >= 11 is 1.91. The summed E-state index contributed by atoms with van der Waals surface area (Å²) in [6.07, 6.45) is 8.47. The van der Waals surface area contributed by atoms with Crippen molar-refractivity contribution in [1.82, 2.24) is 5.32 Å². The third-order valence-electron chi connectivity index (χ3n) is 4.59. The first-order valence-corrected chi connectivity index (χ1v) is 8.97. The Bertz CT molecular complexity index is 483. The maximum Gasteiger partial charge on any atom is 0.227 e. The van der Waals surface area contributed by atoms with Crippen LogP contribution in [-0.4, -0.2) is 23.5 Å². The van der Waals surface area contributed by atoms with Gasteiger partial charge in [-0.15, -0.1) is 0 Å². The molecule has 0 heterocycles. The van der Waals surface area contributed by atoms with Crippen molar-refractivity contribution in [3.05, 3.63) is 29.8 Å². The van der Waals surface area contributed by atoms with Gasteiger partial charge in [0.05, 0.1) is 5.92 Å². The van der Waals surface area contributed by atoms with E-state index >= 15 is 0 Å². The molecule has 0 bridgehead atoms. The summed E-state index contributed by atoms with van der Waals surface area (Å²) < 4.78 is 0.239. The largest absolute Gasteiger partial charge is 0.399 e. The Balaban J connectivity index is 1.94. The van der Waals surface area contributed by atoms with Crippen molar-refractivity contribution in [2.75, 3.05) is 18.5 Å². The van der Waals surface area contributed by atoms with Crippen LogP contribution in [0.1, 0.15) is 50.5 Å². The molecule has 1 aliphatic carbocycles. The van der Waals surface area contributed by atoms with Crippen molar-refractivity contribution in [3.8, 4) is 0 Å². The van der Waals surface area contributed by atoms with E-state index in [4.69, 9.17) is 5.73 Å². The van der Waals surface area contributed by atoms with Crippen LogP contribution in [0.3, 0.4) is 0 Å². The van der Waals surface area contributed by atoms with Crippen molar-refractivity contribution in [3.63, 3.8) is 0 Å². The van der Waals surface area contributed by atoms with Crippen LogP contribution in [0, 0.1) is 0 Å². The van der Waals surface area contributed by atoms with Gasteiger partial charge in [-0.05, 0) is 43.7 Å². The highest BCUT2D eigenvalue weighted by atomic mass is 32.2. The minimum Gasteiger partial charge on any atom is -0.399 e.